The highest BCUT2D eigenvalue weighted by atomic mass is 16.5. The first kappa shape index (κ1) is 18.5. The normalized spacial score (nSPS) is 11.8. The van der Waals surface area contributed by atoms with E-state index >= 15 is 0 Å². The van der Waals surface area contributed by atoms with Gasteiger partial charge in [-0.05, 0) is 48.2 Å². The summed E-state index contributed by atoms with van der Waals surface area (Å²) in [6.07, 6.45) is -0.844. The molecule has 0 spiro atoms. The number of carbonyl (C=O) groups is 2. The number of carbonyl (C=O) groups excluding carboxylic acids is 2. The zero-order chi connectivity index (χ0) is 18.4. The van der Waals surface area contributed by atoms with Gasteiger partial charge in [0.15, 0.2) is 6.10 Å². The van der Waals surface area contributed by atoms with Crippen LogP contribution in [0.1, 0.15) is 31.1 Å². The van der Waals surface area contributed by atoms with E-state index in [2.05, 4.69) is 5.32 Å². The summed E-state index contributed by atoms with van der Waals surface area (Å²) in [4.78, 5) is 24.0. The number of rotatable bonds is 6. The van der Waals surface area contributed by atoms with E-state index in [1.54, 1.807) is 55.5 Å². The van der Waals surface area contributed by atoms with Crippen LogP contribution in [0.15, 0.2) is 48.5 Å². The van der Waals surface area contributed by atoms with Gasteiger partial charge in [-0.1, -0.05) is 38.1 Å². The molecule has 0 aromatic heterocycles. The van der Waals surface area contributed by atoms with E-state index in [1.807, 2.05) is 13.8 Å². The lowest BCUT2D eigenvalue weighted by Gasteiger charge is -2.14. The van der Waals surface area contributed by atoms with Crippen molar-refractivity contribution in [3.05, 3.63) is 54.1 Å². The fourth-order valence-corrected chi connectivity index (χ4v) is 2.18. The number of phenolic OH excluding ortho intramolecular Hbond substituents is 1. The lowest BCUT2D eigenvalue weighted by Crippen LogP contribution is -2.37. The van der Waals surface area contributed by atoms with Gasteiger partial charge in [-0.2, -0.15) is 0 Å². The molecule has 5 heteroatoms. The summed E-state index contributed by atoms with van der Waals surface area (Å²) in [5.41, 5.74) is 2.23. The molecule has 0 aliphatic heterocycles. The molecule has 0 radical (unpaired) electrons. The highest BCUT2D eigenvalue weighted by molar-refractivity contribution is 5.92. The topological polar surface area (TPSA) is 75.6 Å². The molecule has 0 aliphatic rings. The van der Waals surface area contributed by atoms with Gasteiger partial charge in [-0.25, -0.2) is 4.79 Å². The third-order valence-corrected chi connectivity index (χ3v) is 3.66. The van der Waals surface area contributed by atoms with E-state index in [4.69, 9.17) is 4.74 Å². The van der Waals surface area contributed by atoms with Gasteiger partial charge in [0.2, 0.25) is 0 Å². The predicted octanol–water partition coefficient (Wildman–Crippen LogP) is 3.38. The van der Waals surface area contributed by atoms with Crippen LogP contribution in [0.5, 0.6) is 5.75 Å². The number of hydrogen-bond acceptors (Lipinski definition) is 4. The van der Waals surface area contributed by atoms with Crippen LogP contribution in [0.2, 0.25) is 0 Å². The van der Waals surface area contributed by atoms with Crippen molar-refractivity contribution >= 4 is 11.9 Å². The van der Waals surface area contributed by atoms with Crippen molar-refractivity contribution in [1.29, 1.82) is 0 Å². The van der Waals surface area contributed by atoms with Crippen LogP contribution < -0.4 is 5.32 Å². The second-order valence-corrected chi connectivity index (χ2v) is 6.31. The molecule has 2 aromatic carbocycles. The smallest absolute Gasteiger partial charge is 0.338 e. The molecular formula is C20H23NO4. The SMILES string of the molecule is CC(C)CNC(=O)[C@H](C)OC(=O)c1ccc(-c2ccc(O)cc2)cc1. The van der Waals surface area contributed by atoms with Crippen LogP contribution in [0.3, 0.4) is 0 Å². The van der Waals surface area contributed by atoms with Gasteiger partial charge in [0.1, 0.15) is 5.75 Å². The molecule has 25 heavy (non-hydrogen) atoms. The van der Waals surface area contributed by atoms with Gasteiger partial charge in [0.25, 0.3) is 5.91 Å². The summed E-state index contributed by atoms with van der Waals surface area (Å²) in [5, 5.41) is 12.1. The Morgan fingerprint density at radius 1 is 0.960 bits per heavy atom. The average Bonchev–Trinajstić information content (AvgIpc) is 2.60. The standard InChI is InChI=1S/C20H23NO4/c1-13(2)12-21-19(23)14(3)25-20(24)17-6-4-15(5-7-17)16-8-10-18(22)11-9-16/h4-11,13-14,22H,12H2,1-3H3,(H,21,23)/t14-/m0/s1. The molecule has 0 bridgehead atoms. The molecule has 1 amide bonds. The minimum atomic E-state index is -0.844. The molecule has 5 nitrogen and oxygen atoms in total. The van der Waals surface area contributed by atoms with E-state index in [-0.39, 0.29) is 11.7 Å². The molecule has 0 aliphatic carbocycles. The Kier molecular flexibility index (Phi) is 6.17. The Labute approximate surface area is 147 Å². The van der Waals surface area contributed by atoms with E-state index in [0.717, 1.165) is 11.1 Å². The molecule has 1 atom stereocenters. The number of amides is 1. The number of ether oxygens (including phenoxy) is 1. The van der Waals surface area contributed by atoms with Gasteiger partial charge in [-0.3, -0.25) is 4.79 Å². The van der Waals surface area contributed by atoms with E-state index in [9.17, 15) is 14.7 Å². The van der Waals surface area contributed by atoms with Crippen molar-refractivity contribution in [2.75, 3.05) is 6.54 Å². The molecule has 0 heterocycles. The third-order valence-electron chi connectivity index (χ3n) is 3.66. The molecule has 2 rings (SSSR count). The Morgan fingerprint density at radius 2 is 1.48 bits per heavy atom. The van der Waals surface area contributed by atoms with Crippen molar-refractivity contribution < 1.29 is 19.4 Å². The maximum absolute atomic E-state index is 12.2. The van der Waals surface area contributed by atoms with Crippen molar-refractivity contribution in [2.24, 2.45) is 5.92 Å². The summed E-state index contributed by atoms with van der Waals surface area (Å²) in [7, 11) is 0. The number of esters is 1. The Bertz CT molecular complexity index is 720. The molecule has 0 unspecified atom stereocenters. The average molecular weight is 341 g/mol. The lowest BCUT2D eigenvalue weighted by atomic mass is 10.0. The Morgan fingerprint density at radius 3 is 2.00 bits per heavy atom. The minimum Gasteiger partial charge on any atom is -0.508 e. The Balaban J connectivity index is 1.98. The van der Waals surface area contributed by atoms with E-state index < -0.39 is 12.1 Å². The fourth-order valence-electron chi connectivity index (χ4n) is 2.18. The van der Waals surface area contributed by atoms with Crippen LogP contribution >= 0.6 is 0 Å². The first-order chi connectivity index (χ1) is 11.9. The minimum absolute atomic E-state index is 0.202. The highest BCUT2D eigenvalue weighted by Gasteiger charge is 2.18. The van der Waals surface area contributed by atoms with Crippen molar-refractivity contribution in [3.63, 3.8) is 0 Å². The lowest BCUT2D eigenvalue weighted by molar-refractivity contribution is -0.129. The molecule has 0 saturated heterocycles. The largest absolute Gasteiger partial charge is 0.508 e. The first-order valence-corrected chi connectivity index (χ1v) is 8.25. The van der Waals surface area contributed by atoms with Crippen molar-refractivity contribution in [1.82, 2.24) is 5.32 Å². The number of aromatic hydroxyl groups is 1. The zero-order valence-electron chi connectivity index (χ0n) is 14.7. The molecule has 0 fully saturated rings. The van der Waals surface area contributed by atoms with Gasteiger partial charge < -0.3 is 15.2 Å². The second-order valence-electron chi connectivity index (χ2n) is 6.31. The van der Waals surface area contributed by atoms with E-state index in [1.165, 1.54) is 0 Å². The maximum atomic E-state index is 12.2. The quantitative estimate of drug-likeness (QED) is 0.790. The van der Waals surface area contributed by atoms with Gasteiger partial charge >= 0.3 is 5.97 Å². The molecular weight excluding hydrogens is 318 g/mol. The monoisotopic (exact) mass is 341 g/mol. The number of benzene rings is 2. The van der Waals surface area contributed by atoms with Crippen LogP contribution in [0.4, 0.5) is 0 Å². The van der Waals surface area contributed by atoms with Crippen LogP contribution in [-0.2, 0) is 9.53 Å². The first-order valence-electron chi connectivity index (χ1n) is 8.25. The van der Waals surface area contributed by atoms with Gasteiger partial charge in [0.05, 0.1) is 5.56 Å². The summed E-state index contributed by atoms with van der Waals surface area (Å²) in [5.74, 6) is -0.305. The Hall–Kier alpha value is -2.82. The van der Waals surface area contributed by atoms with E-state index in [0.29, 0.717) is 18.0 Å². The van der Waals surface area contributed by atoms with Gasteiger partial charge in [-0.15, -0.1) is 0 Å². The zero-order valence-corrected chi connectivity index (χ0v) is 14.7. The highest BCUT2D eigenvalue weighted by Crippen LogP contribution is 2.22. The summed E-state index contributed by atoms with van der Waals surface area (Å²) in [6.45, 7) is 6.08. The fraction of sp³-hybridized carbons (Fsp3) is 0.300. The summed E-state index contributed by atoms with van der Waals surface area (Å²) >= 11 is 0. The van der Waals surface area contributed by atoms with Crippen molar-refractivity contribution in [3.8, 4) is 16.9 Å². The molecule has 132 valence electrons. The van der Waals surface area contributed by atoms with Crippen molar-refractivity contribution in [2.45, 2.75) is 26.9 Å². The third kappa shape index (κ3) is 5.35. The maximum Gasteiger partial charge on any atom is 0.338 e. The molecule has 2 N–H and O–H groups in total. The molecule has 2 aromatic rings. The summed E-state index contributed by atoms with van der Waals surface area (Å²) in [6, 6.07) is 13.7. The second kappa shape index (κ2) is 8.33. The predicted molar refractivity (Wildman–Crippen MR) is 96.3 cm³/mol. The summed E-state index contributed by atoms with van der Waals surface area (Å²) < 4.78 is 5.21. The van der Waals surface area contributed by atoms with Crippen LogP contribution in [0, 0.1) is 5.92 Å². The van der Waals surface area contributed by atoms with Crippen LogP contribution in [-0.4, -0.2) is 29.6 Å². The van der Waals surface area contributed by atoms with Gasteiger partial charge in [0, 0.05) is 6.54 Å². The van der Waals surface area contributed by atoms with Crippen LogP contribution in [0.25, 0.3) is 11.1 Å². The number of nitrogens with one attached hydrogen (secondary N) is 1. The molecule has 0 saturated carbocycles. The number of hydrogen-bond donors (Lipinski definition) is 2. The number of phenols is 1.